The molecule has 21 heavy (non-hydrogen) atoms. The fourth-order valence-corrected chi connectivity index (χ4v) is 3.16. The summed E-state index contributed by atoms with van der Waals surface area (Å²) in [7, 11) is 0. The van der Waals surface area contributed by atoms with Gasteiger partial charge in [-0.2, -0.15) is 0 Å². The molecule has 1 unspecified atom stereocenters. The van der Waals surface area contributed by atoms with Gasteiger partial charge >= 0.3 is 0 Å². The molecule has 0 heterocycles. The van der Waals surface area contributed by atoms with E-state index in [1.54, 1.807) is 24.3 Å². The number of benzene rings is 2. The van der Waals surface area contributed by atoms with Gasteiger partial charge in [-0.05, 0) is 36.7 Å². The van der Waals surface area contributed by atoms with Crippen LogP contribution in [-0.2, 0) is 6.42 Å². The molecule has 0 radical (unpaired) electrons. The molecule has 1 N–H and O–H groups in total. The molecular formula is C17H19F2NS. The van der Waals surface area contributed by atoms with Crippen LogP contribution in [0.15, 0.2) is 53.4 Å². The third-order valence-corrected chi connectivity index (χ3v) is 4.40. The summed E-state index contributed by atoms with van der Waals surface area (Å²) in [6.07, 6.45) is 0.599. The number of nitrogens with one attached hydrogen (secondary N) is 1. The summed E-state index contributed by atoms with van der Waals surface area (Å²) in [5, 5.41) is 3.34. The Morgan fingerprint density at radius 2 is 1.67 bits per heavy atom. The van der Waals surface area contributed by atoms with Crippen molar-refractivity contribution < 1.29 is 8.78 Å². The van der Waals surface area contributed by atoms with E-state index < -0.39 is 0 Å². The van der Waals surface area contributed by atoms with E-state index in [0.717, 1.165) is 6.54 Å². The van der Waals surface area contributed by atoms with E-state index in [4.69, 9.17) is 0 Å². The van der Waals surface area contributed by atoms with Crippen LogP contribution in [0.2, 0.25) is 0 Å². The lowest BCUT2D eigenvalue weighted by atomic mass is 10.1. The highest BCUT2D eigenvalue weighted by Gasteiger charge is 2.13. The molecule has 0 amide bonds. The molecule has 0 aliphatic heterocycles. The van der Waals surface area contributed by atoms with Crippen molar-refractivity contribution in [3.63, 3.8) is 0 Å². The monoisotopic (exact) mass is 307 g/mol. The summed E-state index contributed by atoms with van der Waals surface area (Å²) in [4.78, 5) is 0.633. The molecule has 0 fully saturated rings. The average molecular weight is 307 g/mol. The molecule has 0 saturated heterocycles. The van der Waals surface area contributed by atoms with Crippen LogP contribution in [0.4, 0.5) is 8.78 Å². The van der Waals surface area contributed by atoms with Crippen LogP contribution in [0.1, 0.15) is 12.5 Å². The first-order valence-corrected chi connectivity index (χ1v) is 8.03. The SMILES string of the molecule is CCNC(CSc1ccccc1F)Cc1ccccc1F. The van der Waals surface area contributed by atoms with Gasteiger partial charge in [0.1, 0.15) is 11.6 Å². The molecule has 2 aromatic rings. The summed E-state index contributed by atoms with van der Waals surface area (Å²) in [6.45, 7) is 2.82. The van der Waals surface area contributed by atoms with E-state index in [0.29, 0.717) is 22.6 Å². The van der Waals surface area contributed by atoms with E-state index in [1.807, 2.05) is 19.1 Å². The molecule has 112 valence electrons. The van der Waals surface area contributed by atoms with Gasteiger partial charge in [0.15, 0.2) is 0 Å². The standard InChI is InChI=1S/C17H19F2NS/c1-2-20-14(11-13-7-3-4-8-15(13)18)12-21-17-10-6-5-9-16(17)19/h3-10,14,20H,2,11-12H2,1H3. The Hall–Kier alpha value is -1.39. The summed E-state index contributed by atoms with van der Waals surface area (Å²) in [5.41, 5.74) is 0.692. The molecule has 1 nitrogen and oxygen atoms in total. The normalized spacial score (nSPS) is 12.3. The van der Waals surface area contributed by atoms with Gasteiger partial charge in [-0.1, -0.05) is 37.3 Å². The van der Waals surface area contributed by atoms with Crippen molar-refractivity contribution in [1.82, 2.24) is 5.32 Å². The Labute approximate surface area is 128 Å². The first-order chi connectivity index (χ1) is 10.2. The first-order valence-electron chi connectivity index (χ1n) is 7.04. The number of rotatable bonds is 7. The second-order valence-electron chi connectivity index (χ2n) is 4.79. The third kappa shape index (κ3) is 4.83. The Bertz CT molecular complexity index is 574. The zero-order chi connectivity index (χ0) is 15.1. The summed E-state index contributed by atoms with van der Waals surface area (Å²) < 4.78 is 27.3. The van der Waals surface area contributed by atoms with Crippen molar-refractivity contribution in [2.45, 2.75) is 24.3 Å². The van der Waals surface area contributed by atoms with E-state index in [-0.39, 0.29) is 17.7 Å². The van der Waals surface area contributed by atoms with Crippen LogP contribution in [-0.4, -0.2) is 18.3 Å². The molecule has 2 rings (SSSR count). The highest BCUT2D eigenvalue weighted by atomic mass is 32.2. The second-order valence-corrected chi connectivity index (χ2v) is 5.85. The van der Waals surface area contributed by atoms with Gasteiger partial charge in [-0.25, -0.2) is 8.78 Å². The lowest BCUT2D eigenvalue weighted by molar-refractivity contribution is 0.544. The number of halogens is 2. The van der Waals surface area contributed by atoms with Crippen LogP contribution in [0.3, 0.4) is 0 Å². The molecule has 0 bridgehead atoms. The van der Waals surface area contributed by atoms with Gasteiger partial charge in [0.05, 0.1) is 0 Å². The molecular weight excluding hydrogens is 288 g/mol. The van der Waals surface area contributed by atoms with Crippen molar-refractivity contribution in [2.75, 3.05) is 12.3 Å². The number of hydrogen-bond donors (Lipinski definition) is 1. The Morgan fingerprint density at radius 3 is 2.33 bits per heavy atom. The third-order valence-electron chi connectivity index (χ3n) is 3.19. The zero-order valence-electron chi connectivity index (χ0n) is 12.0. The highest BCUT2D eigenvalue weighted by Crippen LogP contribution is 2.23. The van der Waals surface area contributed by atoms with Gasteiger partial charge in [-0.3, -0.25) is 0 Å². The lowest BCUT2D eigenvalue weighted by Gasteiger charge is -2.18. The Morgan fingerprint density at radius 1 is 1.00 bits per heavy atom. The van der Waals surface area contributed by atoms with Gasteiger partial charge in [0.25, 0.3) is 0 Å². The minimum absolute atomic E-state index is 0.108. The predicted octanol–water partition coefficient (Wildman–Crippen LogP) is 4.28. The predicted molar refractivity (Wildman–Crippen MR) is 84.7 cm³/mol. The van der Waals surface area contributed by atoms with Crippen LogP contribution in [0, 0.1) is 11.6 Å². The van der Waals surface area contributed by atoms with Gasteiger partial charge in [0.2, 0.25) is 0 Å². The van der Waals surface area contributed by atoms with Crippen LogP contribution < -0.4 is 5.32 Å². The van der Waals surface area contributed by atoms with Crippen molar-refractivity contribution in [3.8, 4) is 0 Å². The van der Waals surface area contributed by atoms with Crippen LogP contribution in [0.25, 0.3) is 0 Å². The number of likely N-dealkylation sites (N-methyl/N-ethyl adjacent to an activating group) is 1. The fourth-order valence-electron chi connectivity index (χ4n) is 2.16. The molecule has 0 aromatic heterocycles. The second kappa shape index (κ2) is 8.15. The average Bonchev–Trinajstić information content (AvgIpc) is 2.48. The first kappa shape index (κ1) is 16.0. The van der Waals surface area contributed by atoms with Gasteiger partial charge in [0, 0.05) is 16.7 Å². The number of hydrogen-bond acceptors (Lipinski definition) is 2. The maximum Gasteiger partial charge on any atom is 0.136 e. The van der Waals surface area contributed by atoms with Crippen molar-refractivity contribution >= 4 is 11.8 Å². The highest BCUT2D eigenvalue weighted by molar-refractivity contribution is 7.99. The van der Waals surface area contributed by atoms with E-state index >= 15 is 0 Å². The van der Waals surface area contributed by atoms with E-state index in [2.05, 4.69) is 5.32 Å². The van der Waals surface area contributed by atoms with E-state index in [9.17, 15) is 8.78 Å². The molecule has 4 heteroatoms. The summed E-state index contributed by atoms with van der Waals surface area (Å²) in [5.74, 6) is 0.309. The molecule has 2 aromatic carbocycles. The largest absolute Gasteiger partial charge is 0.313 e. The van der Waals surface area contributed by atoms with Gasteiger partial charge < -0.3 is 5.32 Å². The Kier molecular flexibility index (Phi) is 6.21. The topological polar surface area (TPSA) is 12.0 Å². The number of thioether (sulfide) groups is 1. The van der Waals surface area contributed by atoms with Crippen molar-refractivity contribution in [2.24, 2.45) is 0 Å². The maximum atomic E-state index is 13.7. The quantitative estimate of drug-likeness (QED) is 0.766. The van der Waals surface area contributed by atoms with Crippen LogP contribution >= 0.6 is 11.8 Å². The molecule has 0 saturated carbocycles. The lowest BCUT2D eigenvalue weighted by Crippen LogP contribution is -2.33. The van der Waals surface area contributed by atoms with Crippen molar-refractivity contribution in [3.05, 3.63) is 65.7 Å². The molecule has 1 atom stereocenters. The summed E-state index contributed by atoms with van der Waals surface area (Å²) in [6, 6.07) is 13.6. The minimum Gasteiger partial charge on any atom is -0.313 e. The van der Waals surface area contributed by atoms with Crippen molar-refractivity contribution in [1.29, 1.82) is 0 Å². The minimum atomic E-state index is -0.205. The molecule has 0 spiro atoms. The Balaban J connectivity index is 1.99. The zero-order valence-corrected chi connectivity index (χ0v) is 12.8. The van der Waals surface area contributed by atoms with E-state index in [1.165, 1.54) is 23.9 Å². The maximum absolute atomic E-state index is 13.7. The summed E-state index contributed by atoms with van der Waals surface area (Å²) >= 11 is 1.46. The fraction of sp³-hybridized carbons (Fsp3) is 0.294. The molecule has 0 aliphatic rings. The smallest absolute Gasteiger partial charge is 0.136 e. The molecule has 0 aliphatic carbocycles. The van der Waals surface area contributed by atoms with Gasteiger partial charge in [-0.15, -0.1) is 11.8 Å². The van der Waals surface area contributed by atoms with Crippen LogP contribution in [0.5, 0.6) is 0 Å².